The van der Waals surface area contributed by atoms with Crippen molar-refractivity contribution >= 4 is 23.1 Å². The van der Waals surface area contributed by atoms with Crippen molar-refractivity contribution in [2.45, 2.75) is 23.9 Å². The van der Waals surface area contributed by atoms with Gasteiger partial charge in [0.25, 0.3) is 0 Å². The molecule has 0 aliphatic rings. The van der Waals surface area contributed by atoms with Crippen LogP contribution in [0.1, 0.15) is 5.56 Å². The van der Waals surface area contributed by atoms with Crippen molar-refractivity contribution in [2.24, 2.45) is 0 Å². The van der Waals surface area contributed by atoms with E-state index >= 15 is 0 Å². The van der Waals surface area contributed by atoms with E-state index in [1.165, 1.54) is 30.3 Å². The van der Waals surface area contributed by atoms with E-state index in [1.807, 2.05) is 0 Å². The van der Waals surface area contributed by atoms with Gasteiger partial charge < -0.3 is 4.74 Å². The molecule has 0 unspecified atom stereocenters. The van der Waals surface area contributed by atoms with Crippen molar-refractivity contribution in [3.05, 3.63) is 71.3 Å². The number of hydrogen-bond acceptors (Lipinski definition) is 2. The topological polar surface area (TPSA) is 26.3 Å². The molecule has 0 spiro atoms. The summed E-state index contributed by atoms with van der Waals surface area (Å²) in [4.78, 5) is 12.3. The quantitative estimate of drug-likeness (QED) is 0.198. The SMILES string of the molecule is O=C(Oc1ccccc1)/C(=C/C(F)(F)C(F)(F)C(F)(F)C(F)(F)F)c1ccc(Cl)cc1. The van der Waals surface area contributed by atoms with Crippen LogP contribution in [0, 0.1) is 0 Å². The predicted molar refractivity (Wildman–Crippen MR) is 92.4 cm³/mol. The minimum Gasteiger partial charge on any atom is -0.423 e. The Morgan fingerprint density at radius 1 is 0.774 bits per heavy atom. The Bertz CT molecular complexity index is 953. The fourth-order valence-electron chi connectivity index (χ4n) is 2.20. The molecule has 168 valence electrons. The lowest BCUT2D eigenvalue weighted by molar-refractivity contribution is -0.388. The summed E-state index contributed by atoms with van der Waals surface area (Å²) < 4.78 is 124. The summed E-state index contributed by atoms with van der Waals surface area (Å²) in [6.45, 7) is 0. The van der Waals surface area contributed by atoms with E-state index in [4.69, 9.17) is 16.3 Å². The first kappa shape index (κ1) is 24.6. The number of carbonyl (C=O) groups is 1. The molecule has 0 N–H and O–H groups in total. The highest BCUT2D eigenvalue weighted by molar-refractivity contribution is 6.30. The summed E-state index contributed by atoms with van der Waals surface area (Å²) in [6.07, 6.45) is -7.97. The maximum absolute atomic E-state index is 14.1. The minimum atomic E-state index is -7.10. The highest BCUT2D eigenvalue weighted by Crippen LogP contribution is 2.54. The van der Waals surface area contributed by atoms with Gasteiger partial charge in [-0.1, -0.05) is 41.9 Å². The van der Waals surface area contributed by atoms with Gasteiger partial charge in [0, 0.05) is 11.1 Å². The second-order valence-electron chi connectivity index (χ2n) is 6.04. The first-order valence-electron chi connectivity index (χ1n) is 8.06. The lowest BCUT2D eigenvalue weighted by atomic mass is 9.98. The third-order valence-electron chi connectivity index (χ3n) is 3.82. The number of para-hydroxylation sites is 1. The number of rotatable bonds is 6. The number of ether oxygens (including phenoxy) is 1. The Morgan fingerprint density at radius 3 is 1.77 bits per heavy atom. The van der Waals surface area contributed by atoms with Crippen LogP contribution in [0.3, 0.4) is 0 Å². The number of halogens is 10. The van der Waals surface area contributed by atoms with Crippen molar-refractivity contribution in [3.63, 3.8) is 0 Å². The van der Waals surface area contributed by atoms with Gasteiger partial charge in [0.15, 0.2) is 0 Å². The van der Waals surface area contributed by atoms with E-state index in [9.17, 15) is 44.3 Å². The zero-order chi connectivity index (χ0) is 23.7. The normalized spacial score (nSPS) is 13.8. The molecule has 2 aromatic carbocycles. The standard InChI is InChI=1S/C19H10ClF9O2/c20-12-8-6-11(7-9-12)14(15(30)31-13-4-2-1-3-5-13)10-16(21,22)17(23,24)18(25,26)19(27,28)29/h1-10H/b14-10+. The minimum absolute atomic E-state index is 0.0280. The summed E-state index contributed by atoms with van der Waals surface area (Å²) >= 11 is 5.61. The van der Waals surface area contributed by atoms with Crippen molar-refractivity contribution < 1.29 is 49.0 Å². The third-order valence-corrected chi connectivity index (χ3v) is 4.08. The van der Waals surface area contributed by atoms with Gasteiger partial charge in [0.2, 0.25) is 0 Å². The molecule has 31 heavy (non-hydrogen) atoms. The second-order valence-corrected chi connectivity index (χ2v) is 6.47. The average molecular weight is 477 g/mol. The molecule has 0 saturated carbocycles. The number of carbonyl (C=O) groups excluding carboxylic acids is 1. The van der Waals surface area contributed by atoms with Gasteiger partial charge in [-0.05, 0) is 29.8 Å². The maximum atomic E-state index is 14.1. The number of allylic oxidation sites excluding steroid dienone is 1. The number of hydrogen-bond donors (Lipinski definition) is 0. The van der Waals surface area contributed by atoms with Crippen LogP contribution in [-0.2, 0) is 4.79 Å². The van der Waals surface area contributed by atoms with E-state index in [1.54, 1.807) is 0 Å². The molecule has 0 fully saturated rings. The number of benzene rings is 2. The Labute approximate surface area is 173 Å². The van der Waals surface area contributed by atoms with Gasteiger partial charge in [-0.3, -0.25) is 0 Å². The molecular weight excluding hydrogens is 467 g/mol. The lowest BCUT2D eigenvalue weighted by Gasteiger charge is -2.32. The zero-order valence-corrected chi connectivity index (χ0v) is 15.6. The van der Waals surface area contributed by atoms with Gasteiger partial charge in [0.05, 0.1) is 5.57 Å². The molecular formula is C19H10ClF9O2. The van der Waals surface area contributed by atoms with Crippen LogP contribution in [-0.4, -0.2) is 29.9 Å². The van der Waals surface area contributed by atoms with E-state index in [0.717, 1.165) is 24.3 Å². The molecule has 0 heterocycles. The van der Waals surface area contributed by atoms with Crippen LogP contribution in [0.25, 0.3) is 5.57 Å². The van der Waals surface area contributed by atoms with Crippen molar-refractivity contribution in [2.75, 3.05) is 0 Å². The van der Waals surface area contributed by atoms with Gasteiger partial charge >= 0.3 is 29.9 Å². The molecule has 0 saturated heterocycles. The number of alkyl halides is 9. The Balaban J connectivity index is 2.58. The molecule has 0 bridgehead atoms. The van der Waals surface area contributed by atoms with Crippen LogP contribution < -0.4 is 4.74 Å². The van der Waals surface area contributed by atoms with E-state index in [0.29, 0.717) is 0 Å². The van der Waals surface area contributed by atoms with Crippen molar-refractivity contribution in [3.8, 4) is 5.75 Å². The molecule has 0 aliphatic heterocycles. The average Bonchev–Trinajstić information content (AvgIpc) is 2.66. The van der Waals surface area contributed by atoms with E-state index in [2.05, 4.69) is 0 Å². The zero-order valence-electron chi connectivity index (χ0n) is 14.9. The Hall–Kier alpha value is -2.69. The number of esters is 1. The van der Waals surface area contributed by atoms with Crippen LogP contribution in [0.4, 0.5) is 39.5 Å². The van der Waals surface area contributed by atoms with Crippen molar-refractivity contribution in [1.82, 2.24) is 0 Å². The van der Waals surface area contributed by atoms with E-state index < -0.39 is 47.1 Å². The van der Waals surface area contributed by atoms with Crippen LogP contribution >= 0.6 is 11.6 Å². The van der Waals surface area contributed by atoms with E-state index in [-0.39, 0.29) is 10.8 Å². The molecule has 2 nitrogen and oxygen atoms in total. The molecule has 2 rings (SSSR count). The summed E-state index contributed by atoms with van der Waals surface area (Å²) in [5.41, 5.74) is -1.93. The highest BCUT2D eigenvalue weighted by atomic mass is 35.5. The Morgan fingerprint density at radius 2 is 1.29 bits per heavy atom. The molecule has 0 atom stereocenters. The van der Waals surface area contributed by atoms with Gasteiger partial charge in [-0.2, -0.15) is 39.5 Å². The monoisotopic (exact) mass is 476 g/mol. The van der Waals surface area contributed by atoms with Gasteiger partial charge in [-0.25, -0.2) is 4.79 Å². The molecule has 2 aromatic rings. The fourth-order valence-corrected chi connectivity index (χ4v) is 2.33. The summed E-state index contributed by atoms with van der Waals surface area (Å²) in [5, 5.41) is 0.0280. The molecule has 0 aliphatic carbocycles. The second kappa shape index (κ2) is 8.45. The first-order valence-corrected chi connectivity index (χ1v) is 8.44. The fraction of sp³-hybridized carbons (Fsp3) is 0.211. The van der Waals surface area contributed by atoms with Crippen LogP contribution in [0.15, 0.2) is 60.7 Å². The van der Waals surface area contributed by atoms with Gasteiger partial charge in [0.1, 0.15) is 5.75 Å². The maximum Gasteiger partial charge on any atom is 0.460 e. The largest absolute Gasteiger partial charge is 0.460 e. The van der Waals surface area contributed by atoms with Gasteiger partial charge in [-0.15, -0.1) is 0 Å². The highest BCUT2D eigenvalue weighted by Gasteiger charge is 2.81. The Kier molecular flexibility index (Phi) is 6.70. The molecule has 0 aromatic heterocycles. The van der Waals surface area contributed by atoms with Crippen LogP contribution in [0.5, 0.6) is 5.75 Å². The molecule has 12 heteroatoms. The summed E-state index contributed by atoms with van der Waals surface area (Å²) in [6, 6.07) is 10.4. The predicted octanol–water partition coefficient (Wildman–Crippen LogP) is 6.80. The van der Waals surface area contributed by atoms with Crippen molar-refractivity contribution in [1.29, 1.82) is 0 Å². The first-order chi connectivity index (χ1) is 14.1. The smallest absolute Gasteiger partial charge is 0.423 e. The molecule has 0 radical (unpaired) electrons. The molecule has 0 amide bonds. The van der Waals surface area contributed by atoms with Crippen LogP contribution in [0.2, 0.25) is 5.02 Å². The lowest BCUT2D eigenvalue weighted by Crippen LogP contribution is -2.60. The third kappa shape index (κ3) is 4.97. The summed E-state index contributed by atoms with van der Waals surface area (Å²) in [5.74, 6) is -22.1. The summed E-state index contributed by atoms with van der Waals surface area (Å²) in [7, 11) is 0.